The maximum atomic E-state index is 5.44. The molecule has 0 atom stereocenters. The second kappa shape index (κ2) is 6.53. The molecule has 1 aliphatic rings. The molecule has 1 fully saturated rings. The minimum Gasteiger partial charge on any atom is -0.497 e. The van der Waals surface area contributed by atoms with Crippen molar-refractivity contribution in [3.05, 3.63) is 42.5 Å². The highest BCUT2D eigenvalue weighted by atomic mass is 16.5. The summed E-state index contributed by atoms with van der Waals surface area (Å²) in [4.78, 5) is 0. The number of H-pyrrole nitrogens is 1. The highest BCUT2D eigenvalue weighted by Gasteiger charge is 2.16. The molecular weight excluding hydrogens is 302 g/mol. The van der Waals surface area contributed by atoms with Crippen LogP contribution in [0.4, 0.5) is 5.69 Å². The first-order valence-electron chi connectivity index (χ1n) is 8.31. The van der Waals surface area contributed by atoms with Gasteiger partial charge in [-0.25, -0.2) is 0 Å². The number of rotatable bonds is 4. The van der Waals surface area contributed by atoms with Gasteiger partial charge in [-0.3, -0.25) is 5.10 Å². The van der Waals surface area contributed by atoms with Gasteiger partial charge in [-0.15, -0.1) is 0 Å². The van der Waals surface area contributed by atoms with Crippen molar-refractivity contribution in [2.24, 2.45) is 0 Å². The van der Waals surface area contributed by atoms with E-state index < -0.39 is 0 Å². The topological polar surface area (TPSA) is 59.2 Å². The summed E-state index contributed by atoms with van der Waals surface area (Å²) in [5.74, 6) is 0.848. The Morgan fingerprint density at radius 2 is 1.92 bits per heavy atom. The minimum atomic E-state index is 0.456. The number of para-hydroxylation sites is 1. The van der Waals surface area contributed by atoms with Crippen molar-refractivity contribution in [2.45, 2.75) is 18.9 Å². The van der Waals surface area contributed by atoms with Crippen LogP contribution in [0, 0.1) is 0 Å². The van der Waals surface area contributed by atoms with E-state index in [2.05, 4.69) is 33.7 Å². The Labute approximate surface area is 141 Å². The third-order valence-electron chi connectivity index (χ3n) is 4.54. The van der Waals surface area contributed by atoms with Gasteiger partial charge >= 0.3 is 0 Å². The van der Waals surface area contributed by atoms with Crippen LogP contribution in [0.2, 0.25) is 0 Å². The van der Waals surface area contributed by atoms with Gasteiger partial charge in [0.1, 0.15) is 5.75 Å². The third-order valence-corrected chi connectivity index (χ3v) is 4.54. The van der Waals surface area contributed by atoms with Crippen molar-refractivity contribution in [1.29, 1.82) is 0 Å². The fraction of sp³-hybridized carbons (Fsp3) is 0.316. The average molecular weight is 323 g/mol. The molecule has 0 spiro atoms. The SMILES string of the molecule is COc1ccc(-c2n[nH]c3c(NC4CCOCC4)cccc23)cc1. The van der Waals surface area contributed by atoms with Crippen LogP contribution in [0.3, 0.4) is 0 Å². The first kappa shape index (κ1) is 15.0. The minimum absolute atomic E-state index is 0.456. The molecule has 2 N–H and O–H groups in total. The van der Waals surface area contributed by atoms with Crippen molar-refractivity contribution < 1.29 is 9.47 Å². The van der Waals surface area contributed by atoms with Crippen LogP contribution < -0.4 is 10.1 Å². The zero-order valence-electron chi connectivity index (χ0n) is 13.7. The fourth-order valence-electron chi connectivity index (χ4n) is 3.19. The van der Waals surface area contributed by atoms with Crippen molar-refractivity contribution in [1.82, 2.24) is 10.2 Å². The molecule has 2 heterocycles. The number of fused-ring (bicyclic) bond motifs is 1. The molecule has 3 aromatic rings. The molecule has 5 heteroatoms. The molecule has 2 aromatic carbocycles. The smallest absolute Gasteiger partial charge is 0.118 e. The number of aromatic amines is 1. The molecule has 0 unspecified atom stereocenters. The quantitative estimate of drug-likeness (QED) is 0.766. The van der Waals surface area contributed by atoms with E-state index in [0.29, 0.717) is 6.04 Å². The molecule has 0 bridgehead atoms. The van der Waals surface area contributed by atoms with E-state index in [9.17, 15) is 0 Å². The van der Waals surface area contributed by atoms with Crippen molar-refractivity contribution in [3.63, 3.8) is 0 Å². The number of benzene rings is 2. The summed E-state index contributed by atoms with van der Waals surface area (Å²) in [6.07, 6.45) is 2.08. The zero-order chi connectivity index (χ0) is 16.4. The van der Waals surface area contributed by atoms with Gasteiger partial charge in [0.05, 0.1) is 24.0 Å². The monoisotopic (exact) mass is 323 g/mol. The summed E-state index contributed by atoms with van der Waals surface area (Å²) in [6.45, 7) is 1.65. The van der Waals surface area contributed by atoms with Gasteiger partial charge in [-0.05, 0) is 43.2 Å². The maximum absolute atomic E-state index is 5.44. The van der Waals surface area contributed by atoms with E-state index in [-0.39, 0.29) is 0 Å². The molecule has 0 amide bonds. The van der Waals surface area contributed by atoms with Crippen LogP contribution >= 0.6 is 0 Å². The van der Waals surface area contributed by atoms with E-state index >= 15 is 0 Å². The standard InChI is InChI=1S/C19H21N3O2/c1-23-15-7-5-13(6-8-15)18-16-3-2-4-17(19(16)22-21-18)20-14-9-11-24-12-10-14/h2-8,14,20H,9-12H2,1H3,(H,21,22). The maximum Gasteiger partial charge on any atom is 0.118 e. The summed E-state index contributed by atoms with van der Waals surface area (Å²) in [7, 11) is 1.67. The number of methoxy groups -OCH3 is 1. The van der Waals surface area contributed by atoms with E-state index in [4.69, 9.17) is 9.47 Å². The number of nitrogens with one attached hydrogen (secondary N) is 2. The molecule has 0 radical (unpaired) electrons. The summed E-state index contributed by atoms with van der Waals surface area (Å²) >= 11 is 0. The number of aromatic nitrogens is 2. The fourth-order valence-corrected chi connectivity index (χ4v) is 3.19. The van der Waals surface area contributed by atoms with Gasteiger partial charge in [0.2, 0.25) is 0 Å². The zero-order valence-corrected chi connectivity index (χ0v) is 13.7. The normalized spacial score (nSPS) is 15.5. The van der Waals surface area contributed by atoms with E-state index in [0.717, 1.165) is 59.7 Å². The molecular formula is C19H21N3O2. The molecule has 0 saturated carbocycles. The second-order valence-electron chi connectivity index (χ2n) is 6.06. The Kier molecular flexibility index (Phi) is 4.09. The lowest BCUT2D eigenvalue weighted by Crippen LogP contribution is -2.27. The van der Waals surface area contributed by atoms with Crippen LogP contribution in [0.5, 0.6) is 5.75 Å². The Hall–Kier alpha value is -2.53. The van der Waals surface area contributed by atoms with Crippen molar-refractivity contribution in [3.8, 4) is 17.0 Å². The van der Waals surface area contributed by atoms with Gasteiger partial charge in [-0.1, -0.05) is 12.1 Å². The summed E-state index contributed by atoms with van der Waals surface area (Å²) in [5, 5.41) is 12.5. The van der Waals surface area contributed by atoms with Crippen LogP contribution in [-0.4, -0.2) is 36.6 Å². The number of hydrogen-bond donors (Lipinski definition) is 2. The summed E-state index contributed by atoms with van der Waals surface area (Å²) in [5.41, 5.74) is 4.19. The highest BCUT2D eigenvalue weighted by molar-refractivity contribution is 5.99. The molecule has 24 heavy (non-hydrogen) atoms. The Bertz CT molecular complexity index is 820. The third kappa shape index (κ3) is 2.83. The molecule has 1 aliphatic heterocycles. The van der Waals surface area contributed by atoms with Crippen molar-refractivity contribution >= 4 is 16.6 Å². The summed E-state index contributed by atoms with van der Waals surface area (Å²) in [6, 6.07) is 14.7. The van der Waals surface area contributed by atoms with Crippen LogP contribution in [0.25, 0.3) is 22.2 Å². The summed E-state index contributed by atoms with van der Waals surface area (Å²) < 4.78 is 10.7. The van der Waals surface area contributed by atoms with Crippen LogP contribution in [0.1, 0.15) is 12.8 Å². The first-order chi connectivity index (χ1) is 11.8. The lowest BCUT2D eigenvalue weighted by molar-refractivity contribution is 0.0905. The molecule has 4 rings (SSSR count). The van der Waals surface area contributed by atoms with E-state index in [1.165, 1.54) is 0 Å². The largest absolute Gasteiger partial charge is 0.497 e. The predicted molar refractivity (Wildman–Crippen MR) is 95.5 cm³/mol. The number of ether oxygens (including phenoxy) is 2. The average Bonchev–Trinajstić information content (AvgIpc) is 3.08. The number of nitrogens with zero attached hydrogens (tertiary/aromatic N) is 1. The van der Waals surface area contributed by atoms with Crippen molar-refractivity contribution in [2.75, 3.05) is 25.6 Å². The van der Waals surface area contributed by atoms with Gasteiger partial charge in [0.15, 0.2) is 0 Å². The molecule has 0 aliphatic carbocycles. The Balaban J connectivity index is 1.67. The molecule has 1 saturated heterocycles. The molecule has 5 nitrogen and oxygen atoms in total. The predicted octanol–water partition coefficient (Wildman–Crippen LogP) is 3.83. The number of anilines is 1. The number of hydrogen-bond acceptors (Lipinski definition) is 4. The van der Waals surface area contributed by atoms with E-state index in [1.807, 2.05) is 24.3 Å². The Morgan fingerprint density at radius 3 is 2.67 bits per heavy atom. The highest BCUT2D eigenvalue weighted by Crippen LogP contribution is 2.31. The van der Waals surface area contributed by atoms with Gasteiger partial charge in [-0.2, -0.15) is 5.10 Å². The van der Waals surface area contributed by atoms with Crippen LogP contribution in [0.15, 0.2) is 42.5 Å². The Morgan fingerprint density at radius 1 is 1.12 bits per heavy atom. The lowest BCUT2D eigenvalue weighted by Gasteiger charge is -2.24. The van der Waals surface area contributed by atoms with Gasteiger partial charge in [0, 0.05) is 30.2 Å². The van der Waals surface area contributed by atoms with Gasteiger partial charge < -0.3 is 14.8 Å². The molecule has 124 valence electrons. The first-order valence-corrected chi connectivity index (χ1v) is 8.31. The second-order valence-corrected chi connectivity index (χ2v) is 6.06. The van der Waals surface area contributed by atoms with E-state index in [1.54, 1.807) is 7.11 Å². The molecule has 1 aromatic heterocycles. The lowest BCUT2D eigenvalue weighted by atomic mass is 10.1. The van der Waals surface area contributed by atoms with Gasteiger partial charge in [0.25, 0.3) is 0 Å². The van der Waals surface area contributed by atoms with Crippen LogP contribution in [-0.2, 0) is 4.74 Å².